The number of amides is 1. The van der Waals surface area contributed by atoms with Gasteiger partial charge in [-0.1, -0.05) is 6.07 Å². The Kier molecular flexibility index (Phi) is 5.98. The number of fused-ring (bicyclic) bond motifs is 1. The Labute approximate surface area is 180 Å². The minimum absolute atomic E-state index is 0.0736. The summed E-state index contributed by atoms with van der Waals surface area (Å²) in [5.41, 5.74) is 3.13. The number of halogens is 2. The van der Waals surface area contributed by atoms with E-state index in [0.717, 1.165) is 47.3 Å². The van der Waals surface area contributed by atoms with Crippen LogP contribution in [0.5, 0.6) is 0 Å². The van der Waals surface area contributed by atoms with Gasteiger partial charge in [-0.3, -0.25) is 4.79 Å². The van der Waals surface area contributed by atoms with Crippen molar-refractivity contribution in [2.45, 2.75) is 31.1 Å². The van der Waals surface area contributed by atoms with Gasteiger partial charge in [0.05, 0.1) is 0 Å². The zero-order valence-corrected chi connectivity index (χ0v) is 18.1. The molecule has 2 aromatic rings. The molecule has 1 N–H and O–H groups in total. The number of likely N-dealkylation sites (N-methyl/N-ethyl adjacent to an activating group) is 1. The first-order valence-electron chi connectivity index (χ1n) is 10.4. The van der Waals surface area contributed by atoms with Crippen LogP contribution in [0.15, 0.2) is 41.3 Å². The summed E-state index contributed by atoms with van der Waals surface area (Å²) in [5, 5.41) is 2.94. The number of carbonyl (C=O) groups excluding carboxylic acids is 1. The molecule has 0 saturated carbocycles. The van der Waals surface area contributed by atoms with Gasteiger partial charge in [-0.2, -0.15) is 4.31 Å². The first kappa shape index (κ1) is 21.7. The van der Waals surface area contributed by atoms with E-state index in [1.807, 2.05) is 18.2 Å². The number of nitrogens with one attached hydrogen (secondary N) is 1. The molecule has 6 nitrogen and oxygen atoms in total. The molecule has 2 aliphatic heterocycles. The fraction of sp³-hybridized carbons (Fsp3) is 0.409. The van der Waals surface area contributed by atoms with Crippen LogP contribution in [0.3, 0.4) is 0 Å². The molecule has 0 aromatic heterocycles. The summed E-state index contributed by atoms with van der Waals surface area (Å²) >= 11 is 0. The van der Waals surface area contributed by atoms with Crippen LogP contribution >= 0.6 is 0 Å². The van der Waals surface area contributed by atoms with Crippen molar-refractivity contribution in [2.75, 3.05) is 36.4 Å². The molecule has 2 heterocycles. The lowest BCUT2D eigenvalue weighted by atomic mass is 9.97. The zero-order chi connectivity index (χ0) is 22.2. The van der Waals surface area contributed by atoms with E-state index in [4.69, 9.17) is 0 Å². The van der Waals surface area contributed by atoms with Crippen LogP contribution in [0.2, 0.25) is 0 Å². The Morgan fingerprint density at radius 2 is 1.84 bits per heavy atom. The van der Waals surface area contributed by atoms with E-state index in [2.05, 4.69) is 17.1 Å². The SMILES string of the molecule is CCN1CCc2ccc(NC(=O)C3CCN(S(=O)(=O)c4cc(F)ccc4F)CC3)cc21. The summed E-state index contributed by atoms with van der Waals surface area (Å²) < 4.78 is 54.0. The molecular formula is C22H25F2N3O3S. The minimum Gasteiger partial charge on any atom is -0.371 e. The highest BCUT2D eigenvalue weighted by Crippen LogP contribution is 2.31. The molecule has 0 aliphatic carbocycles. The van der Waals surface area contributed by atoms with Gasteiger partial charge in [-0.15, -0.1) is 0 Å². The van der Waals surface area contributed by atoms with Crippen LogP contribution in [0.25, 0.3) is 0 Å². The molecule has 0 bridgehead atoms. The van der Waals surface area contributed by atoms with Crippen LogP contribution in [0.4, 0.5) is 20.2 Å². The lowest BCUT2D eigenvalue weighted by molar-refractivity contribution is -0.120. The van der Waals surface area contributed by atoms with E-state index in [0.29, 0.717) is 18.9 Å². The summed E-state index contributed by atoms with van der Waals surface area (Å²) in [6, 6.07) is 8.28. The number of nitrogens with zero attached hydrogens (tertiary/aromatic N) is 2. The number of anilines is 2. The second kappa shape index (κ2) is 8.55. The number of sulfonamides is 1. The summed E-state index contributed by atoms with van der Waals surface area (Å²) in [4.78, 5) is 14.3. The Balaban J connectivity index is 1.40. The number of carbonyl (C=O) groups is 1. The Morgan fingerprint density at radius 3 is 2.55 bits per heavy atom. The fourth-order valence-corrected chi connectivity index (χ4v) is 5.81. The van der Waals surface area contributed by atoms with Gasteiger partial charge >= 0.3 is 0 Å². The summed E-state index contributed by atoms with van der Waals surface area (Å²) in [5.74, 6) is -2.31. The van der Waals surface area contributed by atoms with E-state index in [1.165, 1.54) is 5.56 Å². The third kappa shape index (κ3) is 4.29. The molecule has 31 heavy (non-hydrogen) atoms. The molecule has 0 radical (unpaired) electrons. The van der Waals surface area contributed by atoms with Crippen molar-refractivity contribution in [1.82, 2.24) is 4.31 Å². The van der Waals surface area contributed by atoms with E-state index in [-0.39, 0.29) is 24.9 Å². The smallest absolute Gasteiger partial charge is 0.246 e. The zero-order valence-electron chi connectivity index (χ0n) is 17.3. The fourth-order valence-electron chi connectivity index (χ4n) is 4.27. The number of rotatable bonds is 5. The van der Waals surface area contributed by atoms with Crippen LogP contribution in [-0.2, 0) is 21.2 Å². The quantitative estimate of drug-likeness (QED) is 0.760. The highest BCUT2D eigenvalue weighted by molar-refractivity contribution is 7.89. The van der Waals surface area contributed by atoms with Crippen LogP contribution < -0.4 is 10.2 Å². The third-order valence-electron chi connectivity index (χ3n) is 6.06. The minimum atomic E-state index is -4.16. The highest BCUT2D eigenvalue weighted by atomic mass is 32.2. The summed E-state index contributed by atoms with van der Waals surface area (Å²) in [6.07, 6.45) is 1.62. The first-order chi connectivity index (χ1) is 14.8. The number of benzene rings is 2. The van der Waals surface area contributed by atoms with Gasteiger partial charge < -0.3 is 10.2 Å². The number of hydrogen-bond donors (Lipinski definition) is 1. The molecule has 166 valence electrons. The maximum atomic E-state index is 14.0. The molecule has 4 rings (SSSR count). The normalized spacial score (nSPS) is 17.6. The second-order valence-electron chi connectivity index (χ2n) is 7.92. The highest BCUT2D eigenvalue weighted by Gasteiger charge is 2.34. The van der Waals surface area contributed by atoms with Gasteiger partial charge in [0.2, 0.25) is 15.9 Å². The van der Waals surface area contributed by atoms with Gasteiger partial charge in [-0.25, -0.2) is 17.2 Å². The Morgan fingerprint density at radius 1 is 1.10 bits per heavy atom. The monoisotopic (exact) mass is 449 g/mol. The van der Waals surface area contributed by atoms with E-state index >= 15 is 0 Å². The van der Waals surface area contributed by atoms with Crippen molar-refractivity contribution in [3.8, 4) is 0 Å². The molecule has 2 aliphatic rings. The van der Waals surface area contributed by atoms with E-state index in [9.17, 15) is 22.0 Å². The maximum Gasteiger partial charge on any atom is 0.246 e. The number of piperidine rings is 1. The van der Waals surface area contributed by atoms with Crippen LogP contribution in [-0.4, -0.2) is 44.8 Å². The van der Waals surface area contributed by atoms with Crippen molar-refractivity contribution in [2.24, 2.45) is 5.92 Å². The van der Waals surface area contributed by atoms with Gasteiger partial charge in [0.25, 0.3) is 0 Å². The largest absolute Gasteiger partial charge is 0.371 e. The molecule has 1 amide bonds. The Hall–Kier alpha value is -2.52. The van der Waals surface area contributed by atoms with E-state index in [1.54, 1.807) is 0 Å². The van der Waals surface area contributed by atoms with E-state index < -0.39 is 26.6 Å². The molecule has 2 aromatic carbocycles. The molecule has 0 atom stereocenters. The number of hydrogen-bond acceptors (Lipinski definition) is 4. The van der Waals surface area contributed by atoms with Gasteiger partial charge in [0.15, 0.2) is 0 Å². The Bertz CT molecular complexity index is 1100. The third-order valence-corrected chi connectivity index (χ3v) is 7.98. The van der Waals surface area contributed by atoms with Gasteiger partial charge in [0.1, 0.15) is 16.5 Å². The average molecular weight is 450 g/mol. The molecule has 0 unspecified atom stereocenters. The molecule has 9 heteroatoms. The lowest BCUT2D eigenvalue weighted by Crippen LogP contribution is -2.41. The summed E-state index contributed by atoms with van der Waals surface area (Å²) in [7, 11) is -4.16. The van der Waals surface area contributed by atoms with Crippen molar-refractivity contribution < 1.29 is 22.0 Å². The predicted octanol–water partition coefficient (Wildman–Crippen LogP) is 3.39. The molecular weight excluding hydrogens is 424 g/mol. The molecule has 1 saturated heterocycles. The van der Waals surface area contributed by atoms with Gasteiger partial charge in [-0.05, 0) is 62.1 Å². The average Bonchev–Trinajstić information content (AvgIpc) is 3.17. The first-order valence-corrected chi connectivity index (χ1v) is 11.9. The maximum absolute atomic E-state index is 14.0. The van der Waals surface area contributed by atoms with Crippen LogP contribution in [0, 0.1) is 17.6 Å². The van der Waals surface area contributed by atoms with Crippen molar-refractivity contribution in [3.63, 3.8) is 0 Å². The second-order valence-corrected chi connectivity index (χ2v) is 9.82. The van der Waals surface area contributed by atoms with Crippen molar-refractivity contribution >= 4 is 27.3 Å². The van der Waals surface area contributed by atoms with Gasteiger partial charge in [0, 0.05) is 43.5 Å². The topological polar surface area (TPSA) is 69.7 Å². The van der Waals surface area contributed by atoms with Crippen molar-refractivity contribution in [3.05, 3.63) is 53.6 Å². The molecule has 1 fully saturated rings. The summed E-state index contributed by atoms with van der Waals surface area (Å²) in [6.45, 7) is 4.12. The molecule has 0 spiro atoms. The van der Waals surface area contributed by atoms with Crippen LogP contribution in [0.1, 0.15) is 25.3 Å². The standard InChI is InChI=1S/C22H25F2N3O3S/c1-2-26-10-7-15-3-5-18(14-20(15)26)25-22(28)16-8-11-27(12-9-16)31(29,30)21-13-17(23)4-6-19(21)24/h3-6,13-14,16H,2,7-12H2,1H3,(H,25,28). The predicted molar refractivity (Wildman–Crippen MR) is 115 cm³/mol. The van der Waals surface area contributed by atoms with Crippen molar-refractivity contribution in [1.29, 1.82) is 0 Å². The lowest BCUT2D eigenvalue weighted by Gasteiger charge is -2.30.